The van der Waals surface area contributed by atoms with Crippen LogP contribution in [0.15, 0.2) is 18.3 Å². The molecule has 10 nitrogen and oxygen atoms in total. The molecule has 13 heteroatoms. The number of alkyl carbamates (subject to hydrolysis) is 1. The van der Waals surface area contributed by atoms with E-state index in [0.717, 1.165) is 6.92 Å². The fourth-order valence-electron chi connectivity index (χ4n) is 2.95. The van der Waals surface area contributed by atoms with Crippen molar-refractivity contribution in [1.82, 2.24) is 25.5 Å². The van der Waals surface area contributed by atoms with E-state index in [1.54, 1.807) is 30.2 Å². The first-order chi connectivity index (χ1) is 14.2. The lowest BCUT2D eigenvalue weighted by Gasteiger charge is -2.21. The largest absolute Gasteiger partial charge is 0.437 e. The summed E-state index contributed by atoms with van der Waals surface area (Å²) in [5, 5.41) is 12.1. The Morgan fingerprint density at radius 1 is 1.37 bits per heavy atom. The van der Waals surface area contributed by atoms with Gasteiger partial charge < -0.3 is 25.0 Å². The van der Waals surface area contributed by atoms with Crippen LogP contribution >= 0.6 is 0 Å². The number of carbonyl (C=O) groups excluding carboxylic acids is 1. The Morgan fingerprint density at radius 2 is 2.13 bits per heavy atom. The molecule has 2 aromatic heterocycles. The number of nitrogens with zero attached hydrogens (tertiary/aromatic N) is 4. The van der Waals surface area contributed by atoms with Crippen LogP contribution in [0.25, 0.3) is 0 Å². The molecular formula is C17H22F3N7O3. The number of nitrogens with one attached hydrogen (secondary N) is 3. The van der Waals surface area contributed by atoms with Gasteiger partial charge >= 0.3 is 12.3 Å². The van der Waals surface area contributed by atoms with Gasteiger partial charge in [0.25, 0.3) is 0 Å². The average molecular weight is 429 g/mol. The minimum Gasteiger partial charge on any atom is -0.437 e. The molecule has 1 amide bonds. The van der Waals surface area contributed by atoms with Gasteiger partial charge in [-0.1, -0.05) is 0 Å². The zero-order chi connectivity index (χ0) is 21.9. The second-order valence-electron chi connectivity index (χ2n) is 6.81. The minimum atomic E-state index is -4.63. The molecule has 3 N–H and O–H groups in total. The van der Waals surface area contributed by atoms with Crippen molar-refractivity contribution in [2.24, 2.45) is 0 Å². The number of carbonyl (C=O) groups is 1. The van der Waals surface area contributed by atoms with Crippen molar-refractivity contribution in [3.05, 3.63) is 24.0 Å². The highest BCUT2D eigenvalue weighted by atomic mass is 19.4. The summed E-state index contributed by atoms with van der Waals surface area (Å²) in [4.78, 5) is 22.5. The first-order valence-corrected chi connectivity index (χ1v) is 9.09. The molecule has 0 aromatic carbocycles. The number of aryl methyl sites for hydroxylation is 1. The quantitative estimate of drug-likeness (QED) is 0.639. The van der Waals surface area contributed by atoms with E-state index in [2.05, 4.69) is 35.5 Å². The lowest BCUT2D eigenvalue weighted by atomic mass is 10.2. The molecule has 1 fully saturated rings. The van der Waals surface area contributed by atoms with Crippen LogP contribution in [0.3, 0.4) is 0 Å². The molecule has 1 saturated heterocycles. The second-order valence-corrected chi connectivity index (χ2v) is 6.81. The van der Waals surface area contributed by atoms with Crippen molar-refractivity contribution in [2.75, 3.05) is 30.4 Å². The van der Waals surface area contributed by atoms with Gasteiger partial charge in [0.2, 0.25) is 5.95 Å². The maximum atomic E-state index is 12.6. The molecule has 0 saturated carbocycles. The minimum absolute atomic E-state index is 0.237. The lowest BCUT2D eigenvalue weighted by molar-refractivity contribution is -0.197. The third kappa shape index (κ3) is 5.28. The average Bonchev–Trinajstić information content (AvgIpc) is 3.30. The highest BCUT2D eigenvalue weighted by Crippen LogP contribution is 2.24. The molecule has 3 atom stereocenters. The molecule has 164 valence electrons. The van der Waals surface area contributed by atoms with Gasteiger partial charge in [-0.3, -0.25) is 5.10 Å². The van der Waals surface area contributed by atoms with E-state index in [1.165, 1.54) is 7.11 Å². The Labute approximate surface area is 170 Å². The SMILES string of the molecule is CO[C@@H]1CN(c2nc(C)cc(Nc3ccn[nH]3)n2)C[C@H]1NC(=O)O[C@@H](C)C(F)(F)F. The molecule has 0 spiro atoms. The third-order valence-corrected chi connectivity index (χ3v) is 4.51. The summed E-state index contributed by atoms with van der Waals surface area (Å²) in [6.45, 7) is 3.14. The van der Waals surface area contributed by atoms with E-state index in [1.807, 2.05) is 0 Å². The molecule has 30 heavy (non-hydrogen) atoms. The number of ether oxygens (including phenoxy) is 2. The molecule has 3 heterocycles. The van der Waals surface area contributed by atoms with E-state index >= 15 is 0 Å². The van der Waals surface area contributed by atoms with Gasteiger partial charge in [0.1, 0.15) is 11.6 Å². The van der Waals surface area contributed by atoms with Gasteiger partial charge in [-0.25, -0.2) is 9.78 Å². The number of hydrogen-bond donors (Lipinski definition) is 3. The molecule has 1 aliphatic rings. The molecule has 2 aromatic rings. The summed E-state index contributed by atoms with van der Waals surface area (Å²) in [5.74, 6) is 1.57. The fraction of sp³-hybridized carbons (Fsp3) is 0.529. The number of methoxy groups -OCH3 is 1. The summed E-state index contributed by atoms with van der Waals surface area (Å²) in [5.41, 5.74) is 0.700. The summed E-state index contributed by atoms with van der Waals surface area (Å²) >= 11 is 0. The number of anilines is 3. The Morgan fingerprint density at radius 3 is 2.77 bits per heavy atom. The van der Waals surface area contributed by atoms with Crippen LogP contribution in [-0.4, -0.2) is 70.9 Å². The van der Waals surface area contributed by atoms with Gasteiger partial charge in [-0.15, -0.1) is 0 Å². The van der Waals surface area contributed by atoms with Crippen molar-refractivity contribution < 1.29 is 27.4 Å². The van der Waals surface area contributed by atoms with E-state index in [-0.39, 0.29) is 6.54 Å². The Kier molecular flexibility index (Phi) is 6.29. The number of amides is 1. The Bertz CT molecular complexity index is 863. The second kappa shape index (κ2) is 8.73. The van der Waals surface area contributed by atoms with Crippen LogP contribution < -0.4 is 15.5 Å². The monoisotopic (exact) mass is 429 g/mol. The number of aromatic amines is 1. The Hall–Kier alpha value is -3.09. The van der Waals surface area contributed by atoms with Gasteiger partial charge in [-0.05, 0) is 13.8 Å². The zero-order valence-corrected chi connectivity index (χ0v) is 16.5. The number of H-pyrrole nitrogens is 1. The number of hydrogen-bond acceptors (Lipinski definition) is 8. The van der Waals surface area contributed by atoms with Gasteiger partial charge in [-0.2, -0.15) is 23.3 Å². The highest BCUT2D eigenvalue weighted by molar-refractivity contribution is 5.68. The zero-order valence-electron chi connectivity index (χ0n) is 16.5. The maximum Gasteiger partial charge on any atom is 0.425 e. The van der Waals surface area contributed by atoms with Crippen molar-refractivity contribution in [2.45, 2.75) is 38.3 Å². The van der Waals surface area contributed by atoms with Crippen LogP contribution in [-0.2, 0) is 9.47 Å². The number of rotatable bonds is 6. The van der Waals surface area contributed by atoms with Crippen LogP contribution in [0.5, 0.6) is 0 Å². The number of aromatic nitrogens is 4. The summed E-state index contributed by atoms with van der Waals surface area (Å²) in [7, 11) is 1.45. The molecule has 0 bridgehead atoms. The van der Waals surface area contributed by atoms with Crippen LogP contribution in [0.2, 0.25) is 0 Å². The van der Waals surface area contributed by atoms with E-state index < -0.39 is 30.5 Å². The standard InChI is InChI=1S/C17H22F3N7O3/c1-9-6-14(24-13-4-5-21-26-13)25-15(22-9)27-7-11(12(8-27)29-3)23-16(28)30-10(2)17(18,19)20/h4-6,10-12H,7-8H2,1-3H3,(H,23,28)(H2,21,22,24,25,26)/t10-,11+,12+/m0/s1. The molecule has 0 aliphatic carbocycles. The van der Waals surface area contributed by atoms with Crippen molar-refractivity contribution in [1.29, 1.82) is 0 Å². The highest BCUT2D eigenvalue weighted by Gasteiger charge is 2.41. The topological polar surface area (TPSA) is 117 Å². The predicted octanol–water partition coefficient (Wildman–Crippen LogP) is 2.13. The molecule has 1 aliphatic heterocycles. The van der Waals surface area contributed by atoms with Gasteiger partial charge in [0.05, 0.1) is 18.3 Å². The fourth-order valence-corrected chi connectivity index (χ4v) is 2.95. The van der Waals surface area contributed by atoms with E-state index in [9.17, 15) is 18.0 Å². The molecular weight excluding hydrogens is 407 g/mol. The molecule has 0 unspecified atom stereocenters. The summed E-state index contributed by atoms with van der Waals surface area (Å²) < 4.78 is 47.6. The maximum absolute atomic E-state index is 12.6. The van der Waals surface area contributed by atoms with Crippen molar-refractivity contribution in [3.8, 4) is 0 Å². The number of halogens is 3. The van der Waals surface area contributed by atoms with Crippen LogP contribution in [0.4, 0.5) is 35.5 Å². The van der Waals surface area contributed by atoms with Crippen LogP contribution in [0.1, 0.15) is 12.6 Å². The van der Waals surface area contributed by atoms with Crippen molar-refractivity contribution >= 4 is 23.7 Å². The first-order valence-electron chi connectivity index (χ1n) is 9.09. The van der Waals surface area contributed by atoms with Crippen molar-refractivity contribution in [3.63, 3.8) is 0 Å². The van der Waals surface area contributed by atoms with Gasteiger partial charge in [0.15, 0.2) is 6.10 Å². The normalized spacial score (nSPS) is 20.1. The third-order valence-electron chi connectivity index (χ3n) is 4.51. The van der Waals surface area contributed by atoms with E-state index in [4.69, 9.17) is 4.74 Å². The summed E-state index contributed by atoms with van der Waals surface area (Å²) in [6, 6.07) is 2.89. The lowest BCUT2D eigenvalue weighted by Crippen LogP contribution is -2.46. The molecule has 3 rings (SSSR count). The van der Waals surface area contributed by atoms with E-state index in [0.29, 0.717) is 29.8 Å². The summed E-state index contributed by atoms with van der Waals surface area (Å²) in [6.07, 6.45) is -6.90. The number of alkyl halides is 3. The Balaban J connectivity index is 1.68. The smallest absolute Gasteiger partial charge is 0.425 e. The first kappa shape index (κ1) is 21.6. The molecule has 0 radical (unpaired) electrons. The van der Waals surface area contributed by atoms with Gasteiger partial charge in [0, 0.05) is 38.0 Å². The van der Waals surface area contributed by atoms with Crippen LogP contribution in [0, 0.1) is 6.92 Å². The predicted molar refractivity (Wildman–Crippen MR) is 101 cm³/mol.